The van der Waals surface area contributed by atoms with Crippen molar-refractivity contribution in [2.24, 2.45) is 5.92 Å². The molecule has 1 aliphatic rings. The molecule has 0 bridgehead atoms. The van der Waals surface area contributed by atoms with Gasteiger partial charge in [-0.25, -0.2) is 0 Å². The van der Waals surface area contributed by atoms with Crippen LogP contribution < -0.4 is 10.6 Å². The lowest BCUT2D eigenvalue weighted by Gasteiger charge is -2.29. The lowest BCUT2D eigenvalue weighted by molar-refractivity contribution is -0.120. The number of likely N-dealkylation sites (tertiary alicyclic amines) is 1. The van der Waals surface area contributed by atoms with Crippen LogP contribution in [0.15, 0.2) is 0 Å². The SMILES string of the molecule is CCCNC(=O)CCNCC1CCCN(C)C1. The van der Waals surface area contributed by atoms with Gasteiger partial charge in [0.2, 0.25) is 5.91 Å². The van der Waals surface area contributed by atoms with Crippen LogP contribution in [0.2, 0.25) is 0 Å². The third kappa shape index (κ3) is 6.64. The van der Waals surface area contributed by atoms with Crippen LogP contribution in [0.3, 0.4) is 0 Å². The van der Waals surface area contributed by atoms with E-state index in [-0.39, 0.29) is 5.91 Å². The lowest BCUT2D eigenvalue weighted by atomic mass is 9.98. The summed E-state index contributed by atoms with van der Waals surface area (Å²) in [5.41, 5.74) is 0. The molecule has 1 saturated heterocycles. The summed E-state index contributed by atoms with van der Waals surface area (Å²) in [4.78, 5) is 13.7. The van der Waals surface area contributed by atoms with Crippen molar-refractivity contribution in [2.45, 2.75) is 32.6 Å². The standard InChI is InChI=1S/C13H27N3O/c1-3-7-15-13(17)6-8-14-10-12-5-4-9-16(2)11-12/h12,14H,3-11H2,1-2H3,(H,15,17). The molecule has 1 atom stereocenters. The highest BCUT2D eigenvalue weighted by molar-refractivity contribution is 5.75. The van der Waals surface area contributed by atoms with E-state index in [0.717, 1.165) is 32.0 Å². The van der Waals surface area contributed by atoms with Gasteiger partial charge in [-0.3, -0.25) is 4.79 Å². The van der Waals surface area contributed by atoms with Gasteiger partial charge in [-0.1, -0.05) is 6.92 Å². The Morgan fingerprint density at radius 2 is 2.24 bits per heavy atom. The van der Waals surface area contributed by atoms with Crippen molar-refractivity contribution in [1.82, 2.24) is 15.5 Å². The normalized spacial score (nSPS) is 21.4. The summed E-state index contributed by atoms with van der Waals surface area (Å²) in [7, 11) is 2.18. The summed E-state index contributed by atoms with van der Waals surface area (Å²) < 4.78 is 0. The Morgan fingerprint density at radius 1 is 1.41 bits per heavy atom. The fourth-order valence-corrected chi connectivity index (χ4v) is 2.30. The second-order valence-electron chi connectivity index (χ2n) is 5.07. The molecule has 4 nitrogen and oxygen atoms in total. The first kappa shape index (κ1) is 14.5. The molecular formula is C13H27N3O. The molecule has 0 aromatic heterocycles. The van der Waals surface area contributed by atoms with Crippen LogP contribution in [0.4, 0.5) is 0 Å². The molecule has 1 unspecified atom stereocenters. The number of piperidine rings is 1. The van der Waals surface area contributed by atoms with Gasteiger partial charge in [0.25, 0.3) is 0 Å². The molecule has 1 rings (SSSR count). The van der Waals surface area contributed by atoms with E-state index in [1.807, 2.05) is 0 Å². The predicted molar refractivity (Wildman–Crippen MR) is 71.0 cm³/mol. The molecule has 17 heavy (non-hydrogen) atoms. The molecule has 1 fully saturated rings. The number of carbonyl (C=O) groups is 1. The Labute approximate surface area is 105 Å². The monoisotopic (exact) mass is 241 g/mol. The molecular weight excluding hydrogens is 214 g/mol. The smallest absolute Gasteiger partial charge is 0.221 e. The van der Waals surface area contributed by atoms with E-state index in [1.54, 1.807) is 0 Å². The molecule has 2 N–H and O–H groups in total. The van der Waals surface area contributed by atoms with Crippen LogP contribution in [-0.4, -0.2) is 50.6 Å². The number of rotatable bonds is 7. The second-order valence-corrected chi connectivity index (χ2v) is 5.07. The summed E-state index contributed by atoms with van der Waals surface area (Å²) in [6.45, 7) is 7.14. The van der Waals surface area contributed by atoms with Crippen LogP contribution in [0.1, 0.15) is 32.6 Å². The summed E-state index contributed by atoms with van der Waals surface area (Å²) in [6, 6.07) is 0. The second kappa shape index (κ2) is 8.48. The van der Waals surface area contributed by atoms with Crippen LogP contribution in [-0.2, 0) is 4.79 Å². The van der Waals surface area contributed by atoms with Gasteiger partial charge in [0.1, 0.15) is 0 Å². The fraction of sp³-hybridized carbons (Fsp3) is 0.923. The third-order valence-corrected chi connectivity index (χ3v) is 3.26. The Balaban J connectivity index is 1.98. The van der Waals surface area contributed by atoms with Gasteiger partial charge in [0.15, 0.2) is 0 Å². The maximum absolute atomic E-state index is 11.3. The van der Waals surface area contributed by atoms with Crippen molar-refractivity contribution < 1.29 is 4.79 Å². The quantitative estimate of drug-likeness (QED) is 0.649. The molecule has 0 aromatic carbocycles. The van der Waals surface area contributed by atoms with Gasteiger partial charge in [0, 0.05) is 26.1 Å². The average molecular weight is 241 g/mol. The van der Waals surface area contributed by atoms with Crippen LogP contribution >= 0.6 is 0 Å². The lowest BCUT2D eigenvalue weighted by Crippen LogP contribution is -2.38. The van der Waals surface area contributed by atoms with Crippen molar-refractivity contribution in [1.29, 1.82) is 0 Å². The number of hydrogen-bond acceptors (Lipinski definition) is 3. The minimum absolute atomic E-state index is 0.167. The van der Waals surface area contributed by atoms with Gasteiger partial charge in [0.05, 0.1) is 0 Å². The molecule has 0 radical (unpaired) electrons. The number of carbonyl (C=O) groups excluding carboxylic acids is 1. The minimum Gasteiger partial charge on any atom is -0.356 e. The first-order chi connectivity index (χ1) is 8.22. The highest BCUT2D eigenvalue weighted by atomic mass is 16.1. The molecule has 1 amide bonds. The Morgan fingerprint density at radius 3 is 2.94 bits per heavy atom. The van der Waals surface area contributed by atoms with Crippen LogP contribution in [0.25, 0.3) is 0 Å². The number of amides is 1. The van der Waals surface area contributed by atoms with E-state index < -0.39 is 0 Å². The molecule has 0 saturated carbocycles. The molecule has 0 aromatic rings. The molecule has 1 heterocycles. The minimum atomic E-state index is 0.167. The van der Waals surface area contributed by atoms with E-state index in [4.69, 9.17) is 0 Å². The summed E-state index contributed by atoms with van der Waals surface area (Å²) in [5, 5.41) is 6.29. The highest BCUT2D eigenvalue weighted by Gasteiger charge is 2.16. The van der Waals surface area contributed by atoms with Crippen molar-refractivity contribution >= 4 is 5.91 Å². The van der Waals surface area contributed by atoms with E-state index in [1.165, 1.54) is 25.9 Å². The number of hydrogen-bond donors (Lipinski definition) is 2. The van der Waals surface area contributed by atoms with Crippen LogP contribution in [0, 0.1) is 5.92 Å². The third-order valence-electron chi connectivity index (χ3n) is 3.26. The van der Waals surface area contributed by atoms with Gasteiger partial charge in [-0.2, -0.15) is 0 Å². The molecule has 0 aliphatic carbocycles. The zero-order valence-electron chi connectivity index (χ0n) is 11.3. The van der Waals surface area contributed by atoms with Crippen molar-refractivity contribution in [3.05, 3.63) is 0 Å². The van der Waals surface area contributed by atoms with Crippen molar-refractivity contribution in [3.63, 3.8) is 0 Å². The van der Waals surface area contributed by atoms with Crippen molar-refractivity contribution in [2.75, 3.05) is 39.8 Å². The number of nitrogens with zero attached hydrogens (tertiary/aromatic N) is 1. The van der Waals surface area contributed by atoms with Gasteiger partial charge < -0.3 is 15.5 Å². The zero-order chi connectivity index (χ0) is 12.5. The first-order valence-electron chi connectivity index (χ1n) is 6.88. The molecule has 100 valence electrons. The van der Waals surface area contributed by atoms with E-state index in [0.29, 0.717) is 6.42 Å². The Kier molecular flexibility index (Phi) is 7.21. The van der Waals surface area contributed by atoms with E-state index >= 15 is 0 Å². The Bertz CT molecular complexity index is 221. The topological polar surface area (TPSA) is 44.4 Å². The van der Waals surface area contributed by atoms with Gasteiger partial charge in [-0.15, -0.1) is 0 Å². The first-order valence-corrected chi connectivity index (χ1v) is 6.88. The van der Waals surface area contributed by atoms with E-state index in [2.05, 4.69) is 29.5 Å². The summed E-state index contributed by atoms with van der Waals surface area (Å²) in [6.07, 6.45) is 4.23. The zero-order valence-corrected chi connectivity index (χ0v) is 11.3. The van der Waals surface area contributed by atoms with E-state index in [9.17, 15) is 4.79 Å². The molecule has 0 spiro atoms. The average Bonchev–Trinajstić information content (AvgIpc) is 2.32. The molecule has 4 heteroatoms. The molecule has 1 aliphatic heterocycles. The predicted octanol–water partition coefficient (Wildman–Crippen LogP) is 0.834. The fourth-order valence-electron chi connectivity index (χ4n) is 2.30. The highest BCUT2D eigenvalue weighted by Crippen LogP contribution is 2.13. The van der Waals surface area contributed by atoms with Crippen molar-refractivity contribution in [3.8, 4) is 0 Å². The number of nitrogens with one attached hydrogen (secondary N) is 2. The van der Waals surface area contributed by atoms with Crippen LogP contribution in [0.5, 0.6) is 0 Å². The van der Waals surface area contributed by atoms with Gasteiger partial charge >= 0.3 is 0 Å². The Hall–Kier alpha value is -0.610. The maximum Gasteiger partial charge on any atom is 0.221 e. The van der Waals surface area contributed by atoms with Gasteiger partial charge in [-0.05, 0) is 45.3 Å². The summed E-state index contributed by atoms with van der Waals surface area (Å²) >= 11 is 0. The largest absolute Gasteiger partial charge is 0.356 e. The summed E-state index contributed by atoms with van der Waals surface area (Å²) in [5.74, 6) is 0.924. The maximum atomic E-state index is 11.3.